The van der Waals surface area contributed by atoms with E-state index in [0.29, 0.717) is 12.1 Å². The first-order valence-corrected chi connectivity index (χ1v) is 10.1. The number of amides is 1. The first-order chi connectivity index (χ1) is 13.6. The molecule has 0 bridgehead atoms. The van der Waals surface area contributed by atoms with Gasteiger partial charge in [-0.1, -0.05) is 12.1 Å². The minimum Gasteiger partial charge on any atom is -0.371 e. The van der Waals surface area contributed by atoms with Gasteiger partial charge in [0, 0.05) is 25.2 Å². The lowest BCUT2D eigenvalue weighted by molar-refractivity contribution is -0.384. The van der Waals surface area contributed by atoms with Crippen LogP contribution in [0.2, 0.25) is 0 Å². The fourth-order valence-corrected chi connectivity index (χ4v) is 4.38. The number of fused-ring (bicyclic) bond motifs is 1. The number of nitro benzene ring substituents is 1. The molecule has 1 aliphatic rings. The highest BCUT2D eigenvalue weighted by Gasteiger charge is 2.22. The van der Waals surface area contributed by atoms with E-state index in [2.05, 4.69) is 15.2 Å². The molecule has 0 atom stereocenters. The average Bonchev–Trinajstić information content (AvgIpc) is 3.15. The standard InChI is InChI=1S/C20H20N4O3S/c25-20(21-13-19-22-16-6-2-3-7-18(16)28-19)15-12-14(24(26)27)8-9-17(15)23-10-4-1-5-11-23/h2-3,6-9,12H,1,4-5,10-11,13H2,(H,21,25). The summed E-state index contributed by atoms with van der Waals surface area (Å²) >= 11 is 1.53. The molecular weight excluding hydrogens is 376 g/mol. The number of hydrogen-bond donors (Lipinski definition) is 1. The molecule has 8 heteroatoms. The number of aromatic nitrogens is 1. The first kappa shape index (κ1) is 18.4. The zero-order chi connectivity index (χ0) is 19.5. The van der Waals surface area contributed by atoms with Crippen molar-refractivity contribution < 1.29 is 9.72 Å². The highest BCUT2D eigenvalue weighted by Crippen LogP contribution is 2.28. The molecule has 0 radical (unpaired) electrons. The van der Waals surface area contributed by atoms with E-state index < -0.39 is 4.92 Å². The van der Waals surface area contributed by atoms with Crippen molar-refractivity contribution in [3.8, 4) is 0 Å². The molecule has 1 aromatic heterocycles. The first-order valence-electron chi connectivity index (χ1n) is 9.28. The molecule has 1 aliphatic heterocycles. The summed E-state index contributed by atoms with van der Waals surface area (Å²) in [6.45, 7) is 2.01. The Labute approximate surface area is 166 Å². The van der Waals surface area contributed by atoms with Crippen molar-refractivity contribution in [1.82, 2.24) is 10.3 Å². The van der Waals surface area contributed by atoms with Crippen LogP contribution < -0.4 is 10.2 Å². The molecule has 2 aromatic carbocycles. The van der Waals surface area contributed by atoms with Gasteiger partial charge in [0.2, 0.25) is 0 Å². The highest BCUT2D eigenvalue weighted by molar-refractivity contribution is 7.18. The Balaban J connectivity index is 1.57. The van der Waals surface area contributed by atoms with Crippen molar-refractivity contribution in [2.24, 2.45) is 0 Å². The van der Waals surface area contributed by atoms with Gasteiger partial charge in [-0.3, -0.25) is 14.9 Å². The lowest BCUT2D eigenvalue weighted by atomic mass is 10.1. The molecule has 0 saturated carbocycles. The summed E-state index contributed by atoms with van der Waals surface area (Å²) < 4.78 is 1.07. The number of carbonyl (C=O) groups is 1. The predicted molar refractivity (Wildman–Crippen MR) is 110 cm³/mol. The third-order valence-electron chi connectivity index (χ3n) is 4.87. The molecule has 144 valence electrons. The predicted octanol–water partition coefficient (Wildman–Crippen LogP) is 4.12. The molecule has 28 heavy (non-hydrogen) atoms. The van der Waals surface area contributed by atoms with E-state index in [9.17, 15) is 14.9 Å². The smallest absolute Gasteiger partial charge is 0.270 e. The summed E-state index contributed by atoms with van der Waals surface area (Å²) in [6.07, 6.45) is 3.29. The Morgan fingerprint density at radius 3 is 2.71 bits per heavy atom. The fourth-order valence-electron chi connectivity index (χ4n) is 3.48. The molecule has 3 aromatic rings. The Morgan fingerprint density at radius 1 is 1.18 bits per heavy atom. The molecule has 1 saturated heterocycles. The number of piperidine rings is 1. The van der Waals surface area contributed by atoms with E-state index in [1.54, 1.807) is 6.07 Å². The van der Waals surface area contributed by atoms with Crippen LogP contribution in [0.25, 0.3) is 10.2 Å². The Kier molecular flexibility index (Phi) is 5.21. The third kappa shape index (κ3) is 3.82. The topological polar surface area (TPSA) is 88.4 Å². The van der Waals surface area contributed by atoms with Gasteiger partial charge in [-0.15, -0.1) is 11.3 Å². The number of hydrogen-bond acceptors (Lipinski definition) is 6. The summed E-state index contributed by atoms with van der Waals surface area (Å²) in [5.74, 6) is -0.316. The second-order valence-electron chi connectivity index (χ2n) is 6.76. The van der Waals surface area contributed by atoms with Crippen molar-refractivity contribution >= 4 is 38.8 Å². The number of carbonyl (C=O) groups excluding carboxylic acids is 1. The zero-order valence-corrected chi connectivity index (χ0v) is 16.1. The average molecular weight is 396 g/mol. The molecule has 1 fully saturated rings. The van der Waals surface area contributed by atoms with E-state index >= 15 is 0 Å². The van der Waals surface area contributed by atoms with Crippen LogP contribution in [-0.2, 0) is 6.54 Å². The number of non-ortho nitro benzene ring substituents is 1. The van der Waals surface area contributed by atoms with Gasteiger partial charge in [0.1, 0.15) is 5.01 Å². The summed E-state index contributed by atoms with van der Waals surface area (Å²) in [6, 6.07) is 12.3. The molecular formula is C20H20N4O3S. The summed E-state index contributed by atoms with van der Waals surface area (Å²) in [7, 11) is 0. The number of benzene rings is 2. The number of nitrogens with one attached hydrogen (secondary N) is 1. The second kappa shape index (κ2) is 7.93. The summed E-state index contributed by atoms with van der Waals surface area (Å²) in [5, 5.41) is 14.9. The van der Waals surface area contributed by atoms with Crippen LogP contribution in [0.15, 0.2) is 42.5 Å². The van der Waals surface area contributed by atoms with Gasteiger partial charge in [0.25, 0.3) is 11.6 Å². The number of anilines is 1. The molecule has 1 N–H and O–H groups in total. The summed E-state index contributed by atoms with van der Waals surface area (Å²) in [5.41, 5.74) is 1.93. The number of nitro groups is 1. The number of nitrogens with zero attached hydrogens (tertiary/aromatic N) is 3. The quantitative estimate of drug-likeness (QED) is 0.518. The Bertz CT molecular complexity index is 994. The van der Waals surface area contributed by atoms with Crippen molar-refractivity contribution in [2.45, 2.75) is 25.8 Å². The normalized spacial score (nSPS) is 14.2. The zero-order valence-electron chi connectivity index (χ0n) is 15.3. The Morgan fingerprint density at radius 2 is 1.96 bits per heavy atom. The Hall–Kier alpha value is -3.00. The van der Waals surface area contributed by atoms with Gasteiger partial charge >= 0.3 is 0 Å². The van der Waals surface area contributed by atoms with Crippen LogP contribution in [0.1, 0.15) is 34.6 Å². The fraction of sp³-hybridized carbons (Fsp3) is 0.300. The monoisotopic (exact) mass is 396 g/mol. The number of rotatable bonds is 5. The lowest BCUT2D eigenvalue weighted by Crippen LogP contribution is -2.32. The largest absolute Gasteiger partial charge is 0.371 e. The van der Waals surface area contributed by atoms with Gasteiger partial charge in [0.05, 0.1) is 32.9 Å². The summed E-state index contributed by atoms with van der Waals surface area (Å²) in [4.78, 5) is 30.3. The molecule has 4 rings (SSSR count). The highest BCUT2D eigenvalue weighted by atomic mass is 32.1. The van der Waals surface area contributed by atoms with Crippen LogP contribution in [0, 0.1) is 10.1 Å². The van der Waals surface area contributed by atoms with Crippen molar-refractivity contribution in [2.75, 3.05) is 18.0 Å². The molecule has 0 unspecified atom stereocenters. The van der Waals surface area contributed by atoms with E-state index in [1.807, 2.05) is 24.3 Å². The minimum atomic E-state index is -0.468. The van der Waals surface area contributed by atoms with Crippen LogP contribution in [0.5, 0.6) is 0 Å². The molecule has 0 aliphatic carbocycles. The number of thiazole rings is 1. The lowest BCUT2D eigenvalue weighted by Gasteiger charge is -2.30. The van der Waals surface area contributed by atoms with E-state index in [0.717, 1.165) is 46.8 Å². The van der Waals surface area contributed by atoms with E-state index in [-0.39, 0.29) is 11.6 Å². The number of para-hydroxylation sites is 1. The van der Waals surface area contributed by atoms with Gasteiger partial charge < -0.3 is 10.2 Å². The van der Waals surface area contributed by atoms with Gasteiger partial charge in [-0.2, -0.15) is 0 Å². The molecule has 0 spiro atoms. The van der Waals surface area contributed by atoms with E-state index in [1.165, 1.54) is 29.9 Å². The third-order valence-corrected chi connectivity index (χ3v) is 5.91. The SMILES string of the molecule is O=C(NCc1nc2ccccc2s1)c1cc([N+](=O)[O-])ccc1N1CCCCC1. The van der Waals surface area contributed by atoms with Crippen molar-refractivity contribution in [3.05, 3.63) is 63.1 Å². The molecule has 2 heterocycles. The van der Waals surface area contributed by atoms with Gasteiger partial charge in [-0.25, -0.2) is 4.98 Å². The van der Waals surface area contributed by atoms with Gasteiger partial charge in [0.15, 0.2) is 0 Å². The van der Waals surface area contributed by atoms with Crippen LogP contribution in [0.3, 0.4) is 0 Å². The minimum absolute atomic E-state index is 0.0779. The maximum atomic E-state index is 12.9. The van der Waals surface area contributed by atoms with Crippen molar-refractivity contribution in [1.29, 1.82) is 0 Å². The second-order valence-corrected chi connectivity index (χ2v) is 7.88. The van der Waals surface area contributed by atoms with Crippen LogP contribution in [0.4, 0.5) is 11.4 Å². The molecule has 7 nitrogen and oxygen atoms in total. The van der Waals surface area contributed by atoms with Gasteiger partial charge in [-0.05, 0) is 37.5 Å². The maximum absolute atomic E-state index is 12.9. The van der Waals surface area contributed by atoms with Crippen LogP contribution in [-0.4, -0.2) is 28.9 Å². The van der Waals surface area contributed by atoms with Crippen molar-refractivity contribution in [3.63, 3.8) is 0 Å². The maximum Gasteiger partial charge on any atom is 0.270 e. The molecule has 1 amide bonds. The van der Waals surface area contributed by atoms with Crippen LogP contribution >= 0.6 is 11.3 Å². The van der Waals surface area contributed by atoms with E-state index in [4.69, 9.17) is 0 Å².